The van der Waals surface area contributed by atoms with E-state index in [9.17, 15) is 0 Å². The van der Waals surface area contributed by atoms with Crippen LogP contribution in [0.2, 0.25) is 0 Å². The summed E-state index contributed by atoms with van der Waals surface area (Å²) in [6, 6.07) is 6.01. The first kappa shape index (κ1) is 12.6. The van der Waals surface area contributed by atoms with Crippen molar-refractivity contribution in [2.75, 3.05) is 6.54 Å². The van der Waals surface area contributed by atoms with E-state index in [4.69, 9.17) is 5.26 Å². The zero-order valence-electron chi connectivity index (χ0n) is 9.90. The zero-order chi connectivity index (χ0) is 11.9. The molecule has 0 bridgehead atoms. The van der Waals surface area contributed by atoms with Crippen LogP contribution >= 0.6 is 0 Å². The van der Waals surface area contributed by atoms with Gasteiger partial charge in [0, 0.05) is 25.7 Å². The highest BCUT2D eigenvalue weighted by atomic mass is 15.1. The molecule has 0 fully saturated rings. The average molecular weight is 218 g/mol. The molecule has 0 spiro atoms. The topological polar surface area (TPSA) is 61.6 Å². The van der Waals surface area contributed by atoms with Crippen molar-refractivity contribution in [3.05, 3.63) is 24.0 Å². The van der Waals surface area contributed by atoms with Gasteiger partial charge in [-0.3, -0.25) is 0 Å². The largest absolute Gasteiger partial charge is 0.311 e. The summed E-state index contributed by atoms with van der Waals surface area (Å²) in [6.45, 7) is 5.93. The van der Waals surface area contributed by atoms with Crippen LogP contribution in [0.5, 0.6) is 0 Å². The van der Waals surface area contributed by atoms with Crippen LogP contribution in [0.15, 0.2) is 18.3 Å². The Morgan fingerprint density at radius 2 is 2.31 bits per heavy atom. The molecule has 0 saturated heterocycles. The normalized spacial score (nSPS) is 11.1. The molecule has 0 radical (unpaired) electrons. The first-order valence-corrected chi connectivity index (χ1v) is 5.48. The van der Waals surface area contributed by atoms with E-state index in [-0.39, 0.29) is 5.41 Å². The Balaban J connectivity index is 2.27. The molecule has 16 heavy (non-hydrogen) atoms. The minimum absolute atomic E-state index is 0.151. The fourth-order valence-corrected chi connectivity index (χ4v) is 1.44. The van der Waals surface area contributed by atoms with Gasteiger partial charge in [-0.2, -0.15) is 15.5 Å². The van der Waals surface area contributed by atoms with E-state index < -0.39 is 0 Å². The maximum atomic E-state index is 8.54. The summed E-state index contributed by atoms with van der Waals surface area (Å²) >= 11 is 0. The predicted molar refractivity (Wildman–Crippen MR) is 62.4 cm³/mol. The fraction of sp³-hybridized carbons (Fsp3) is 0.583. The zero-order valence-corrected chi connectivity index (χ0v) is 9.90. The average Bonchev–Trinajstić information content (AvgIpc) is 2.28. The molecule has 1 rings (SSSR count). The molecule has 1 N–H and O–H groups in total. The summed E-state index contributed by atoms with van der Waals surface area (Å²) < 4.78 is 0. The van der Waals surface area contributed by atoms with E-state index in [2.05, 4.69) is 35.4 Å². The van der Waals surface area contributed by atoms with Crippen molar-refractivity contribution >= 4 is 0 Å². The third kappa shape index (κ3) is 4.85. The van der Waals surface area contributed by atoms with Crippen LogP contribution in [0.25, 0.3) is 0 Å². The Morgan fingerprint density at radius 1 is 1.50 bits per heavy atom. The molecular weight excluding hydrogens is 200 g/mol. The summed E-state index contributed by atoms with van der Waals surface area (Å²) in [5, 5.41) is 19.7. The van der Waals surface area contributed by atoms with Crippen LogP contribution in [0, 0.1) is 16.7 Å². The highest BCUT2D eigenvalue weighted by Crippen LogP contribution is 2.20. The van der Waals surface area contributed by atoms with Gasteiger partial charge in [-0.05, 0) is 24.0 Å². The molecule has 0 aliphatic carbocycles. The second-order valence-electron chi connectivity index (χ2n) is 4.64. The lowest BCUT2D eigenvalue weighted by molar-refractivity contribution is 0.316. The second kappa shape index (κ2) is 6.19. The summed E-state index contributed by atoms with van der Waals surface area (Å²) in [7, 11) is 0. The minimum atomic E-state index is 0.151. The highest BCUT2D eigenvalue weighted by molar-refractivity contribution is 4.98. The van der Waals surface area contributed by atoms with Gasteiger partial charge in [-0.25, -0.2) is 0 Å². The number of rotatable bonds is 6. The predicted octanol–water partition coefficient (Wildman–Crippen LogP) is 1.90. The Labute approximate surface area is 96.7 Å². The van der Waals surface area contributed by atoms with E-state index >= 15 is 0 Å². The van der Waals surface area contributed by atoms with Crippen LogP contribution < -0.4 is 5.32 Å². The molecular formula is C12H18N4. The van der Waals surface area contributed by atoms with Crippen LogP contribution in [-0.2, 0) is 6.54 Å². The molecule has 0 unspecified atom stereocenters. The van der Waals surface area contributed by atoms with E-state index in [0.717, 1.165) is 25.2 Å². The summed E-state index contributed by atoms with van der Waals surface area (Å²) in [6.07, 6.45) is 3.19. The molecule has 0 aliphatic rings. The minimum Gasteiger partial charge on any atom is -0.311 e. The summed E-state index contributed by atoms with van der Waals surface area (Å²) in [4.78, 5) is 0. The summed E-state index contributed by atoms with van der Waals surface area (Å²) in [5.41, 5.74) is 1.09. The van der Waals surface area contributed by atoms with Crippen molar-refractivity contribution in [1.82, 2.24) is 15.5 Å². The first-order valence-electron chi connectivity index (χ1n) is 5.48. The van der Waals surface area contributed by atoms with Crippen molar-refractivity contribution in [3.8, 4) is 6.07 Å². The third-order valence-electron chi connectivity index (χ3n) is 2.45. The highest BCUT2D eigenvalue weighted by Gasteiger charge is 2.16. The van der Waals surface area contributed by atoms with Gasteiger partial charge in [0.15, 0.2) is 0 Å². The number of hydrogen-bond acceptors (Lipinski definition) is 4. The number of hydrogen-bond donors (Lipinski definition) is 1. The molecule has 1 aromatic heterocycles. The molecule has 4 nitrogen and oxygen atoms in total. The number of aromatic nitrogens is 2. The molecule has 0 amide bonds. The van der Waals surface area contributed by atoms with Gasteiger partial charge < -0.3 is 5.32 Å². The Morgan fingerprint density at radius 3 is 2.94 bits per heavy atom. The third-order valence-corrected chi connectivity index (χ3v) is 2.45. The van der Waals surface area contributed by atoms with E-state index in [0.29, 0.717) is 6.42 Å². The molecule has 0 aromatic carbocycles. The number of nitriles is 1. The van der Waals surface area contributed by atoms with Crippen molar-refractivity contribution in [1.29, 1.82) is 5.26 Å². The monoisotopic (exact) mass is 218 g/mol. The molecule has 1 aromatic rings. The molecule has 1 heterocycles. The first-order chi connectivity index (χ1) is 7.64. The second-order valence-corrected chi connectivity index (χ2v) is 4.64. The van der Waals surface area contributed by atoms with Crippen LogP contribution in [0.1, 0.15) is 32.4 Å². The Kier molecular flexibility index (Phi) is 4.87. The molecule has 86 valence electrons. The van der Waals surface area contributed by atoms with Crippen LogP contribution in [0.3, 0.4) is 0 Å². The number of nitrogens with zero attached hydrogens (tertiary/aromatic N) is 3. The SMILES string of the molecule is CC(C)(CCC#N)CNCc1cccnn1. The van der Waals surface area contributed by atoms with Gasteiger partial charge in [-0.1, -0.05) is 13.8 Å². The van der Waals surface area contributed by atoms with Crippen molar-refractivity contribution in [2.45, 2.75) is 33.2 Å². The van der Waals surface area contributed by atoms with Crippen LogP contribution in [0.4, 0.5) is 0 Å². The molecule has 0 atom stereocenters. The van der Waals surface area contributed by atoms with E-state index in [1.807, 2.05) is 12.1 Å². The quantitative estimate of drug-likeness (QED) is 0.792. The number of nitrogens with one attached hydrogen (secondary N) is 1. The Bertz CT molecular complexity index is 340. The standard InChI is InChI=1S/C12H18N4/c1-12(2,6-4-7-13)10-14-9-11-5-3-8-15-16-11/h3,5,8,14H,4,6,9-10H2,1-2H3. The lowest BCUT2D eigenvalue weighted by atomic mass is 9.88. The van der Waals surface area contributed by atoms with Crippen molar-refractivity contribution in [2.24, 2.45) is 5.41 Å². The van der Waals surface area contributed by atoms with Gasteiger partial charge in [0.2, 0.25) is 0 Å². The van der Waals surface area contributed by atoms with Crippen LogP contribution in [-0.4, -0.2) is 16.7 Å². The van der Waals surface area contributed by atoms with E-state index in [1.165, 1.54) is 0 Å². The maximum Gasteiger partial charge on any atom is 0.0768 e. The molecule has 0 saturated carbocycles. The summed E-state index contributed by atoms with van der Waals surface area (Å²) in [5.74, 6) is 0. The van der Waals surface area contributed by atoms with Gasteiger partial charge >= 0.3 is 0 Å². The van der Waals surface area contributed by atoms with Gasteiger partial charge in [0.25, 0.3) is 0 Å². The molecule has 4 heteroatoms. The Hall–Kier alpha value is -1.47. The molecule has 0 aliphatic heterocycles. The van der Waals surface area contributed by atoms with Crippen molar-refractivity contribution in [3.63, 3.8) is 0 Å². The van der Waals surface area contributed by atoms with Gasteiger partial charge in [-0.15, -0.1) is 0 Å². The lowest BCUT2D eigenvalue weighted by Crippen LogP contribution is -2.29. The maximum absolute atomic E-state index is 8.54. The van der Waals surface area contributed by atoms with E-state index in [1.54, 1.807) is 6.20 Å². The lowest BCUT2D eigenvalue weighted by Gasteiger charge is -2.23. The van der Waals surface area contributed by atoms with Crippen molar-refractivity contribution < 1.29 is 0 Å². The fourth-order valence-electron chi connectivity index (χ4n) is 1.44. The van der Waals surface area contributed by atoms with Gasteiger partial charge in [0.05, 0.1) is 11.8 Å². The smallest absolute Gasteiger partial charge is 0.0768 e. The van der Waals surface area contributed by atoms with Gasteiger partial charge in [0.1, 0.15) is 0 Å².